The van der Waals surface area contributed by atoms with Crippen LogP contribution in [0.25, 0.3) is 10.9 Å². The number of aromatic amines is 1. The Morgan fingerprint density at radius 3 is 2.78 bits per heavy atom. The number of hydrogen-bond donors (Lipinski definition) is 2. The molecular formula is C25H27FN2O3S. The van der Waals surface area contributed by atoms with Gasteiger partial charge < -0.3 is 15.0 Å². The number of carboxylic acids is 1. The highest BCUT2D eigenvalue weighted by atomic mass is 32.1. The van der Waals surface area contributed by atoms with E-state index in [1.165, 1.54) is 17.4 Å². The first kappa shape index (κ1) is 21.2. The maximum atomic E-state index is 14.8. The molecule has 1 aliphatic carbocycles. The molecule has 1 aromatic carbocycles. The van der Waals surface area contributed by atoms with Gasteiger partial charge in [0.25, 0.3) is 0 Å². The molecule has 32 heavy (non-hydrogen) atoms. The molecule has 7 heteroatoms. The number of aliphatic carboxylic acids is 1. The second-order valence-corrected chi connectivity index (χ2v) is 10.0. The molecule has 0 radical (unpaired) electrons. The van der Waals surface area contributed by atoms with Crippen LogP contribution in [0.2, 0.25) is 0 Å². The second-order valence-electron chi connectivity index (χ2n) is 9.02. The Morgan fingerprint density at radius 1 is 1.16 bits per heavy atom. The lowest BCUT2D eigenvalue weighted by molar-refractivity contribution is -0.158. The number of benzene rings is 1. The molecule has 1 amide bonds. The molecule has 1 saturated heterocycles. The third-order valence-corrected chi connectivity index (χ3v) is 8.26. The summed E-state index contributed by atoms with van der Waals surface area (Å²) in [4.78, 5) is 31.6. The van der Waals surface area contributed by atoms with Crippen molar-refractivity contribution >= 4 is 34.1 Å². The fourth-order valence-corrected chi connectivity index (χ4v) is 6.65. The number of carbonyl (C=O) groups is 2. The van der Waals surface area contributed by atoms with E-state index in [2.05, 4.69) is 4.98 Å². The zero-order valence-electron chi connectivity index (χ0n) is 17.8. The number of hydrogen-bond acceptors (Lipinski definition) is 3. The standard InChI is InChI=1S/C25H27FN2O3S/c26-18-6-3-7-19-24(18)17(14-27-19)16(22-9-4-12-32-22)13-23(29)28-20-8-2-1-5-15(20)10-11-21(28)25(30)31/h3-4,6-7,9,12,14-16,20-21,27H,1-2,5,8,10-11,13H2,(H,30,31). The van der Waals surface area contributed by atoms with Gasteiger partial charge in [-0.25, -0.2) is 9.18 Å². The second kappa shape index (κ2) is 8.70. The van der Waals surface area contributed by atoms with E-state index >= 15 is 0 Å². The number of aromatic nitrogens is 1. The molecule has 168 valence electrons. The molecule has 3 aromatic rings. The van der Waals surface area contributed by atoms with E-state index in [1.54, 1.807) is 17.2 Å². The number of nitrogens with one attached hydrogen (secondary N) is 1. The topological polar surface area (TPSA) is 73.4 Å². The molecule has 2 fully saturated rings. The van der Waals surface area contributed by atoms with Crippen molar-refractivity contribution < 1.29 is 19.1 Å². The molecule has 0 bridgehead atoms. The van der Waals surface area contributed by atoms with Crippen molar-refractivity contribution in [3.63, 3.8) is 0 Å². The molecule has 0 spiro atoms. The van der Waals surface area contributed by atoms with Crippen molar-refractivity contribution in [1.82, 2.24) is 9.88 Å². The van der Waals surface area contributed by atoms with E-state index in [9.17, 15) is 19.1 Å². The van der Waals surface area contributed by atoms with Crippen molar-refractivity contribution in [2.24, 2.45) is 5.92 Å². The highest BCUT2D eigenvalue weighted by Crippen LogP contribution is 2.41. The van der Waals surface area contributed by atoms with Crippen LogP contribution in [0.15, 0.2) is 41.9 Å². The third kappa shape index (κ3) is 3.72. The normalized spacial score (nSPS) is 24.3. The van der Waals surface area contributed by atoms with Crippen molar-refractivity contribution in [3.05, 3.63) is 58.2 Å². The van der Waals surface area contributed by atoms with Gasteiger partial charge in [0.15, 0.2) is 0 Å². The lowest BCUT2D eigenvalue weighted by Crippen LogP contribution is -2.57. The van der Waals surface area contributed by atoms with Crippen LogP contribution in [0, 0.1) is 11.7 Å². The van der Waals surface area contributed by atoms with E-state index in [0.717, 1.165) is 42.5 Å². The fourth-order valence-electron chi connectivity index (χ4n) is 5.81. The number of nitrogens with zero attached hydrogens (tertiary/aromatic N) is 1. The molecule has 5 nitrogen and oxygen atoms in total. The predicted molar refractivity (Wildman–Crippen MR) is 122 cm³/mol. The SMILES string of the molecule is O=C(O)C1CCC2CCCCC2N1C(=O)CC(c1cccs1)c1c[nH]c2cccc(F)c12. The summed E-state index contributed by atoms with van der Waals surface area (Å²) in [7, 11) is 0. The number of piperidine rings is 1. The van der Waals surface area contributed by atoms with Gasteiger partial charge in [-0.3, -0.25) is 4.79 Å². The Labute approximate surface area is 190 Å². The summed E-state index contributed by atoms with van der Waals surface area (Å²) in [5.41, 5.74) is 1.45. The lowest BCUT2D eigenvalue weighted by atomic mass is 9.76. The first-order valence-corrected chi connectivity index (χ1v) is 12.3. The van der Waals surface area contributed by atoms with Crippen molar-refractivity contribution in [2.45, 2.75) is 62.9 Å². The summed E-state index contributed by atoms with van der Waals surface area (Å²) in [5, 5.41) is 12.3. The van der Waals surface area contributed by atoms with Gasteiger partial charge in [-0.1, -0.05) is 25.0 Å². The number of likely N-dealkylation sites (tertiary alicyclic amines) is 1. The van der Waals surface area contributed by atoms with Crippen molar-refractivity contribution in [1.29, 1.82) is 0 Å². The van der Waals surface area contributed by atoms with E-state index < -0.39 is 12.0 Å². The van der Waals surface area contributed by atoms with Crippen molar-refractivity contribution in [2.75, 3.05) is 0 Å². The molecule has 2 N–H and O–H groups in total. The molecule has 2 aromatic heterocycles. The van der Waals surface area contributed by atoms with Crippen LogP contribution in [-0.2, 0) is 9.59 Å². The number of carboxylic acid groups (broad SMARTS) is 1. The first-order valence-electron chi connectivity index (χ1n) is 11.4. The first-order chi connectivity index (χ1) is 15.5. The summed E-state index contributed by atoms with van der Waals surface area (Å²) >= 11 is 1.54. The fraction of sp³-hybridized carbons (Fsp3) is 0.440. The monoisotopic (exact) mass is 454 g/mol. The molecule has 3 heterocycles. The number of thiophene rings is 1. The van der Waals surface area contributed by atoms with E-state index in [-0.39, 0.29) is 30.1 Å². The minimum Gasteiger partial charge on any atom is -0.480 e. The molecule has 5 rings (SSSR count). The number of carbonyl (C=O) groups excluding carboxylic acids is 1. The zero-order valence-corrected chi connectivity index (χ0v) is 18.6. The Balaban J connectivity index is 1.52. The summed E-state index contributed by atoms with van der Waals surface area (Å²) < 4.78 is 14.8. The maximum Gasteiger partial charge on any atom is 0.326 e. The maximum absolute atomic E-state index is 14.8. The van der Waals surface area contributed by atoms with Gasteiger partial charge in [-0.15, -0.1) is 11.3 Å². The number of fused-ring (bicyclic) bond motifs is 2. The Morgan fingerprint density at radius 2 is 2.00 bits per heavy atom. The van der Waals surface area contributed by atoms with Gasteiger partial charge in [0.1, 0.15) is 11.9 Å². The van der Waals surface area contributed by atoms with Crippen LogP contribution in [0.5, 0.6) is 0 Å². The summed E-state index contributed by atoms with van der Waals surface area (Å²) in [5.74, 6) is -1.33. The quantitative estimate of drug-likeness (QED) is 0.533. The van der Waals surface area contributed by atoms with Gasteiger partial charge in [0.2, 0.25) is 5.91 Å². The highest BCUT2D eigenvalue weighted by Gasteiger charge is 2.44. The van der Waals surface area contributed by atoms with Crippen LogP contribution in [0.4, 0.5) is 4.39 Å². The third-order valence-electron chi connectivity index (χ3n) is 7.27. The van der Waals surface area contributed by atoms with E-state index in [1.807, 2.05) is 23.6 Å². The van der Waals surface area contributed by atoms with Crippen LogP contribution in [0.1, 0.15) is 61.3 Å². The summed E-state index contributed by atoms with van der Waals surface area (Å²) in [6.07, 6.45) is 7.40. The van der Waals surface area contributed by atoms with Crippen LogP contribution >= 0.6 is 11.3 Å². The van der Waals surface area contributed by atoms with Gasteiger partial charge in [0, 0.05) is 40.4 Å². The smallest absolute Gasteiger partial charge is 0.326 e. The number of halogens is 1. The minimum absolute atomic E-state index is 0.00482. The molecule has 4 unspecified atom stereocenters. The summed E-state index contributed by atoms with van der Waals surface area (Å²) in [6, 6.07) is 8.05. The van der Waals surface area contributed by atoms with Gasteiger partial charge >= 0.3 is 5.97 Å². The number of rotatable bonds is 5. The zero-order chi connectivity index (χ0) is 22.2. The number of H-pyrrole nitrogens is 1. The van der Waals surface area contributed by atoms with E-state index in [0.29, 0.717) is 23.2 Å². The molecule has 1 aliphatic heterocycles. The Bertz CT molecular complexity index is 1130. The van der Waals surface area contributed by atoms with E-state index in [4.69, 9.17) is 0 Å². The molecular weight excluding hydrogens is 427 g/mol. The summed E-state index contributed by atoms with van der Waals surface area (Å²) in [6.45, 7) is 0. The largest absolute Gasteiger partial charge is 0.480 e. The molecule has 2 aliphatic rings. The van der Waals surface area contributed by atoms with Crippen LogP contribution in [-0.4, -0.2) is 39.0 Å². The van der Waals surface area contributed by atoms with Gasteiger partial charge in [-0.2, -0.15) is 0 Å². The van der Waals surface area contributed by atoms with Crippen molar-refractivity contribution in [3.8, 4) is 0 Å². The van der Waals surface area contributed by atoms with Gasteiger partial charge in [0.05, 0.1) is 0 Å². The van der Waals surface area contributed by atoms with Gasteiger partial charge in [-0.05, 0) is 60.7 Å². The lowest BCUT2D eigenvalue weighted by Gasteiger charge is -2.47. The Kier molecular flexibility index (Phi) is 5.76. The minimum atomic E-state index is -0.923. The molecule has 1 saturated carbocycles. The average Bonchev–Trinajstić information content (AvgIpc) is 3.47. The Hall–Kier alpha value is -2.67. The number of amides is 1. The highest BCUT2D eigenvalue weighted by molar-refractivity contribution is 7.10. The average molecular weight is 455 g/mol. The predicted octanol–water partition coefficient (Wildman–Crippen LogP) is 5.52. The van der Waals surface area contributed by atoms with Crippen LogP contribution in [0.3, 0.4) is 0 Å². The van der Waals surface area contributed by atoms with Crippen LogP contribution < -0.4 is 0 Å². The molecule has 4 atom stereocenters.